The number of nitrogens with two attached hydrogens (primary N) is 1. The molecule has 5 nitrogen and oxygen atoms in total. The fourth-order valence-electron chi connectivity index (χ4n) is 2.08. The maximum absolute atomic E-state index is 10.9. The van der Waals surface area contributed by atoms with E-state index in [1.54, 1.807) is 0 Å². The van der Waals surface area contributed by atoms with Crippen molar-refractivity contribution in [2.75, 3.05) is 11.9 Å². The fourth-order valence-corrected chi connectivity index (χ4v) is 2.08. The minimum Gasteiger partial charge on any atom is -0.463 e. The topological polar surface area (TPSA) is 76.7 Å². The summed E-state index contributed by atoms with van der Waals surface area (Å²) in [5.74, 6) is -0.0515. The standard InChI is InChI=1S/C14H19N3O2/c1-10(18)16-12-7-5-11(6-8-12)3-2-4-13-9-19-14(15)17-13/h5-8,13H,2-4,9H2,1H3,(H2,15,17)(H,16,18)/t13-/m0/s1. The lowest BCUT2D eigenvalue weighted by atomic mass is 10.1. The molecule has 0 aromatic heterocycles. The Labute approximate surface area is 112 Å². The van der Waals surface area contributed by atoms with Gasteiger partial charge < -0.3 is 15.8 Å². The first kappa shape index (κ1) is 13.4. The number of carbonyl (C=O) groups is 1. The first-order valence-electron chi connectivity index (χ1n) is 6.46. The van der Waals surface area contributed by atoms with Crippen LogP contribution in [-0.2, 0) is 16.0 Å². The first-order chi connectivity index (χ1) is 9.13. The smallest absolute Gasteiger partial charge is 0.282 e. The Balaban J connectivity index is 1.75. The Morgan fingerprint density at radius 3 is 2.79 bits per heavy atom. The number of hydrogen-bond donors (Lipinski definition) is 2. The number of aliphatic imine (C=N–C) groups is 1. The maximum atomic E-state index is 10.9. The summed E-state index contributed by atoms with van der Waals surface area (Å²) in [7, 11) is 0. The number of nitrogens with zero attached hydrogens (tertiary/aromatic N) is 1. The van der Waals surface area contributed by atoms with Crippen LogP contribution in [0.2, 0.25) is 0 Å². The van der Waals surface area contributed by atoms with Crippen molar-refractivity contribution in [3.8, 4) is 0 Å². The van der Waals surface area contributed by atoms with Gasteiger partial charge in [-0.25, -0.2) is 4.99 Å². The summed E-state index contributed by atoms with van der Waals surface area (Å²) in [6, 6.07) is 8.43. The van der Waals surface area contributed by atoms with Crippen LogP contribution in [0.4, 0.5) is 5.69 Å². The minimum atomic E-state index is -0.0515. The van der Waals surface area contributed by atoms with Crippen molar-refractivity contribution in [3.63, 3.8) is 0 Å². The Morgan fingerprint density at radius 2 is 2.21 bits per heavy atom. The molecule has 0 saturated heterocycles. The Kier molecular flexibility index (Phi) is 4.39. The van der Waals surface area contributed by atoms with Crippen LogP contribution in [0.1, 0.15) is 25.3 Å². The lowest BCUT2D eigenvalue weighted by molar-refractivity contribution is -0.114. The van der Waals surface area contributed by atoms with Gasteiger partial charge in [-0.2, -0.15) is 0 Å². The van der Waals surface area contributed by atoms with Crippen molar-refractivity contribution >= 4 is 17.6 Å². The quantitative estimate of drug-likeness (QED) is 0.846. The Bertz CT molecular complexity index is 468. The number of benzene rings is 1. The van der Waals surface area contributed by atoms with E-state index in [0.717, 1.165) is 24.9 Å². The lowest BCUT2D eigenvalue weighted by Gasteiger charge is -2.06. The molecule has 0 radical (unpaired) electrons. The third-order valence-corrected chi connectivity index (χ3v) is 3.01. The molecule has 1 atom stereocenters. The molecule has 0 aliphatic carbocycles. The van der Waals surface area contributed by atoms with E-state index in [2.05, 4.69) is 10.3 Å². The van der Waals surface area contributed by atoms with Crippen molar-refractivity contribution in [1.29, 1.82) is 0 Å². The highest BCUT2D eigenvalue weighted by atomic mass is 16.5. The van der Waals surface area contributed by atoms with E-state index >= 15 is 0 Å². The van der Waals surface area contributed by atoms with Gasteiger partial charge in [0.05, 0.1) is 6.04 Å². The number of anilines is 1. The number of amidine groups is 1. The predicted octanol–water partition coefficient (Wildman–Crippen LogP) is 1.68. The van der Waals surface area contributed by atoms with Crippen molar-refractivity contribution in [3.05, 3.63) is 29.8 Å². The molecule has 0 unspecified atom stereocenters. The van der Waals surface area contributed by atoms with Crippen LogP contribution < -0.4 is 11.1 Å². The van der Waals surface area contributed by atoms with Crippen molar-refractivity contribution < 1.29 is 9.53 Å². The van der Waals surface area contributed by atoms with Gasteiger partial charge in [0.25, 0.3) is 6.02 Å². The molecule has 0 bridgehead atoms. The molecule has 102 valence electrons. The molecule has 1 aromatic rings. The molecule has 1 heterocycles. The normalized spacial score (nSPS) is 17.7. The highest BCUT2D eigenvalue weighted by molar-refractivity contribution is 5.88. The molecule has 2 rings (SSSR count). The highest BCUT2D eigenvalue weighted by Gasteiger charge is 2.15. The molecular weight excluding hydrogens is 242 g/mol. The number of hydrogen-bond acceptors (Lipinski definition) is 4. The van der Waals surface area contributed by atoms with Gasteiger partial charge in [0.1, 0.15) is 6.61 Å². The molecule has 1 aliphatic rings. The summed E-state index contributed by atoms with van der Waals surface area (Å²) in [5.41, 5.74) is 7.54. The van der Waals surface area contributed by atoms with Crippen molar-refractivity contribution in [2.24, 2.45) is 10.7 Å². The summed E-state index contributed by atoms with van der Waals surface area (Å²) < 4.78 is 5.11. The average molecular weight is 261 g/mol. The zero-order valence-electron chi connectivity index (χ0n) is 11.1. The number of rotatable bonds is 5. The summed E-state index contributed by atoms with van der Waals surface area (Å²) in [6.45, 7) is 2.11. The van der Waals surface area contributed by atoms with E-state index in [9.17, 15) is 4.79 Å². The zero-order valence-corrected chi connectivity index (χ0v) is 11.1. The molecule has 0 saturated carbocycles. The summed E-state index contributed by atoms with van der Waals surface area (Å²) in [6.07, 6.45) is 3.02. The monoisotopic (exact) mass is 261 g/mol. The molecule has 1 aromatic carbocycles. The van der Waals surface area contributed by atoms with Gasteiger partial charge in [-0.15, -0.1) is 0 Å². The third-order valence-electron chi connectivity index (χ3n) is 3.01. The lowest BCUT2D eigenvalue weighted by Crippen LogP contribution is -2.10. The van der Waals surface area contributed by atoms with E-state index < -0.39 is 0 Å². The van der Waals surface area contributed by atoms with Crippen LogP contribution in [0.15, 0.2) is 29.3 Å². The van der Waals surface area contributed by atoms with Crippen LogP contribution in [0.25, 0.3) is 0 Å². The second-order valence-electron chi connectivity index (χ2n) is 4.70. The molecule has 1 aliphatic heterocycles. The van der Waals surface area contributed by atoms with Gasteiger partial charge in [0, 0.05) is 12.6 Å². The van der Waals surface area contributed by atoms with E-state index in [1.807, 2.05) is 24.3 Å². The first-order valence-corrected chi connectivity index (χ1v) is 6.46. The van der Waals surface area contributed by atoms with E-state index in [1.165, 1.54) is 12.5 Å². The second-order valence-corrected chi connectivity index (χ2v) is 4.70. The van der Waals surface area contributed by atoms with Crippen molar-refractivity contribution in [2.45, 2.75) is 32.2 Å². The molecule has 1 amide bonds. The van der Waals surface area contributed by atoms with Gasteiger partial charge in [0.2, 0.25) is 5.91 Å². The molecule has 3 N–H and O–H groups in total. The maximum Gasteiger partial charge on any atom is 0.282 e. The van der Waals surface area contributed by atoms with Gasteiger partial charge in [-0.3, -0.25) is 4.79 Å². The second kappa shape index (κ2) is 6.22. The SMILES string of the molecule is CC(=O)Nc1ccc(CCC[C@H]2COC(N)=N2)cc1. The van der Waals surface area contributed by atoms with Gasteiger partial charge in [-0.05, 0) is 37.0 Å². The van der Waals surface area contributed by atoms with E-state index in [4.69, 9.17) is 10.5 Å². The number of ether oxygens (including phenoxy) is 1. The van der Waals surface area contributed by atoms with Crippen LogP contribution in [-0.4, -0.2) is 24.6 Å². The molecule has 0 fully saturated rings. The van der Waals surface area contributed by atoms with Gasteiger partial charge >= 0.3 is 0 Å². The number of carbonyl (C=O) groups excluding carboxylic acids is 1. The zero-order chi connectivity index (χ0) is 13.7. The molecule has 19 heavy (non-hydrogen) atoms. The molecule has 5 heteroatoms. The largest absolute Gasteiger partial charge is 0.463 e. The van der Waals surface area contributed by atoms with Crippen LogP contribution in [0.5, 0.6) is 0 Å². The molecular formula is C14H19N3O2. The predicted molar refractivity (Wildman–Crippen MR) is 75.0 cm³/mol. The van der Waals surface area contributed by atoms with Gasteiger partial charge in [0.15, 0.2) is 0 Å². The van der Waals surface area contributed by atoms with Gasteiger partial charge in [-0.1, -0.05) is 12.1 Å². The highest BCUT2D eigenvalue weighted by Crippen LogP contribution is 2.14. The number of amides is 1. The number of nitrogens with one attached hydrogen (secondary N) is 1. The van der Waals surface area contributed by atoms with Crippen LogP contribution in [0.3, 0.4) is 0 Å². The van der Waals surface area contributed by atoms with E-state index in [-0.39, 0.29) is 11.9 Å². The Morgan fingerprint density at radius 1 is 1.47 bits per heavy atom. The Hall–Kier alpha value is -2.04. The van der Waals surface area contributed by atoms with Crippen molar-refractivity contribution in [1.82, 2.24) is 0 Å². The fraction of sp³-hybridized carbons (Fsp3) is 0.429. The van der Waals surface area contributed by atoms with E-state index in [0.29, 0.717) is 12.6 Å². The summed E-state index contributed by atoms with van der Waals surface area (Å²) in [5, 5.41) is 2.75. The van der Waals surface area contributed by atoms with Crippen LogP contribution >= 0.6 is 0 Å². The average Bonchev–Trinajstić information content (AvgIpc) is 2.77. The minimum absolute atomic E-state index is 0.0515. The van der Waals surface area contributed by atoms with Crippen LogP contribution in [0, 0.1) is 0 Å². The summed E-state index contributed by atoms with van der Waals surface area (Å²) in [4.78, 5) is 15.1. The molecule has 0 spiro atoms. The third kappa shape index (κ3) is 4.28. The summed E-state index contributed by atoms with van der Waals surface area (Å²) >= 11 is 0. The number of aryl methyl sites for hydroxylation is 1.